The van der Waals surface area contributed by atoms with E-state index in [0.717, 1.165) is 11.4 Å². The van der Waals surface area contributed by atoms with Crippen molar-refractivity contribution in [2.24, 2.45) is 5.10 Å². The highest BCUT2D eigenvalue weighted by Crippen LogP contribution is 2.12. The Morgan fingerprint density at radius 3 is 2.85 bits per heavy atom. The zero-order valence-electron chi connectivity index (χ0n) is 15.9. The van der Waals surface area contributed by atoms with Crippen LogP contribution in [0, 0.1) is 0 Å². The van der Waals surface area contributed by atoms with Crippen molar-refractivity contribution in [2.75, 3.05) is 12.0 Å². The number of anilines is 1. The van der Waals surface area contributed by atoms with Crippen molar-refractivity contribution >= 4 is 22.6 Å². The molecule has 0 bridgehead atoms. The number of aromatic nitrogens is 3. The molecule has 0 amide bonds. The van der Waals surface area contributed by atoms with E-state index in [1.165, 1.54) is 0 Å². The Morgan fingerprint density at radius 1 is 1.30 bits per heavy atom. The van der Waals surface area contributed by atoms with Crippen LogP contribution in [-0.4, -0.2) is 33.0 Å². The van der Waals surface area contributed by atoms with Crippen molar-refractivity contribution < 1.29 is 4.74 Å². The molecule has 3 rings (SSSR count). The zero-order valence-corrected chi connectivity index (χ0v) is 15.9. The highest BCUT2D eigenvalue weighted by Gasteiger charge is 2.11. The van der Waals surface area contributed by atoms with Gasteiger partial charge < -0.3 is 9.72 Å². The van der Waals surface area contributed by atoms with E-state index in [9.17, 15) is 4.79 Å². The SMILES string of the molecule is C/C(=N\Nc1nc2ccccc2c(=O)n1CCCOC(C)C)c1ccc[nH]1. The summed E-state index contributed by atoms with van der Waals surface area (Å²) in [6.45, 7) is 6.96. The smallest absolute Gasteiger partial charge is 0.262 e. The third kappa shape index (κ3) is 4.62. The zero-order chi connectivity index (χ0) is 19.2. The molecule has 0 saturated heterocycles. The van der Waals surface area contributed by atoms with E-state index in [1.807, 2.05) is 57.3 Å². The number of nitrogens with zero attached hydrogens (tertiary/aromatic N) is 3. The molecule has 0 saturated carbocycles. The van der Waals surface area contributed by atoms with E-state index in [1.54, 1.807) is 10.6 Å². The number of hydrogen-bond donors (Lipinski definition) is 2. The Bertz CT molecular complexity index is 974. The number of benzene rings is 1. The molecule has 2 heterocycles. The van der Waals surface area contributed by atoms with Gasteiger partial charge in [-0.2, -0.15) is 5.10 Å². The minimum Gasteiger partial charge on any atom is -0.379 e. The highest BCUT2D eigenvalue weighted by molar-refractivity contribution is 5.97. The molecule has 0 fully saturated rings. The summed E-state index contributed by atoms with van der Waals surface area (Å²) in [6.07, 6.45) is 2.72. The lowest BCUT2D eigenvalue weighted by molar-refractivity contribution is 0.0748. The molecular weight excluding hydrogens is 342 g/mol. The van der Waals surface area contributed by atoms with E-state index in [-0.39, 0.29) is 11.7 Å². The number of para-hydroxylation sites is 1. The van der Waals surface area contributed by atoms with Crippen LogP contribution in [0.4, 0.5) is 5.95 Å². The van der Waals surface area contributed by atoms with Crippen molar-refractivity contribution in [3.63, 3.8) is 0 Å². The van der Waals surface area contributed by atoms with E-state index in [0.29, 0.717) is 36.4 Å². The molecule has 142 valence electrons. The standard InChI is InChI=1S/C20H25N5O2/c1-14(2)27-13-7-12-25-19(26)16-8-4-5-9-18(16)22-20(25)24-23-15(3)17-10-6-11-21-17/h4-6,8-11,14,21H,7,12-13H2,1-3H3,(H,22,24)/b23-15+. The first-order chi connectivity index (χ1) is 13.1. The summed E-state index contributed by atoms with van der Waals surface area (Å²) in [5.74, 6) is 0.425. The number of ether oxygens (including phenoxy) is 1. The summed E-state index contributed by atoms with van der Waals surface area (Å²) >= 11 is 0. The second kappa shape index (κ2) is 8.64. The van der Waals surface area contributed by atoms with Crippen molar-refractivity contribution in [3.05, 3.63) is 58.6 Å². The third-order valence-corrected chi connectivity index (χ3v) is 4.15. The predicted molar refractivity (Wildman–Crippen MR) is 108 cm³/mol. The lowest BCUT2D eigenvalue weighted by Gasteiger charge is -2.14. The second-order valence-corrected chi connectivity index (χ2v) is 6.58. The maximum atomic E-state index is 12.9. The summed E-state index contributed by atoms with van der Waals surface area (Å²) in [4.78, 5) is 20.6. The molecule has 2 N–H and O–H groups in total. The van der Waals surface area contributed by atoms with Gasteiger partial charge in [-0.25, -0.2) is 10.4 Å². The molecule has 0 aliphatic carbocycles. The first kappa shape index (κ1) is 18.8. The van der Waals surface area contributed by atoms with E-state index in [4.69, 9.17) is 4.74 Å². The Morgan fingerprint density at radius 2 is 2.11 bits per heavy atom. The molecule has 0 atom stereocenters. The van der Waals surface area contributed by atoms with Crippen LogP contribution in [0.25, 0.3) is 10.9 Å². The average molecular weight is 367 g/mol. The van der Waals surface area contributed by atoms with Gasteiger partial charge in [0.15, 0.2) is 0 Å². The lowest BCUT2D eigenvalue weighted by Crippen LogP contribution is -2.25. The van der Waals surface area contributed by atoms with E-state index < -0.39 is 0 Å². The maximum Gasteiger partial charge on any atom is 0.262 e. The van der Waals surface area contributed by atoms with Crippen molar-refractivity contribution in [3.8, 4) is 0 Å². The van der Waals surface area contributed by atoms with Gasteiger partial charge in [0.1, 0.15) is 0 Å². The number of rotatable bonds is 8. The summed E-state index contributed by atoms with van der Waals surface area (Å²) in [6, 6.07) is 11.2. The molecule has 7 nitrogen and oxygen atoms in total. The van der Waals surface area contributed by atoms with Gasteiger partial charge in [-0.05, 0) is 51.5 Å². The quantitative estimate of drug-likeness (QED) is 0.363. The van der Waals surface area contributed by atoms with Gasteiger partial charge >= 0.3 is 0 Å². The Labute approximate surface area is 158 Å². The number of H-pyrrole nitrogens is 1. The topological polar surface area (TPSA) is 84.3 Å². The van der Waals surface area contributed by atoms with Gasteiger partial charge in [-0.1, -0.05) is 12.1 Å². The lowest BCUT2D eigenvalue weighted by atomic mass is 10.2. The van der Waals surface area contributed by atoms with Crippen LogP contribution in [-0.2, 0) is 11.3 Å². The number of nitrogens with one attached hydrogen (secondary N) is 2. The fourth-order valence-corrected chi connectivity index (χ4v) is 2.75. The summed E-state index contributed by atoms with van der Waals surface area (Å²) in [5.41, 5.74) is 5.21. The normalized spacial score (nSPS) is 12.1. The Kier molecular flexibility index (Phi) is 6.03. The monoisotopic (exact) mass is 367 g/mol. The fourth-order valence-electron chi connectivity index (χ4n) is 2.75. The molecule has 2 aromatic heterocycles. The van der Waals surface area contributed by atoms with Gasteiger partial charge in [0.05, 0.1) is 28.4 Å². The summed E-state index contributed by atoms with van der Waals surface area (Å²) < 4.78 is 7.21. The second-order valence-electron chi connectivity index (χ2n) is 6.58. The average Bonchev–Trinajstić information content (AvgIpc) is 3.19. The first-order valence-corrected chi connectivity index (χ1v) is 9.11. The summed E-state index contributed by atoms with van der Waals surface area (Å²) in [5, 5.41) is 4.98. The summed E-state index contributed by atoms with van der Waals surface area (Å²) in [7, 11) is 0. The highest BCUT2D eigenvalue weighted by atomic mass is 16.5. The van der Waals surface area contributed by atoms with Gasteiger partial charge in [-0.15, -0.1) is 0 Å². The van der Waals surface area contributed by atoms with Crippen LogP contribution in [0.3, 0.4) is 0 Å². The van der Waals surface area contributed by atoms with Crippen LogP contribution in [0.2, 0.25) is 0 Å². The minimum absolute atomic E-state index is 0.0830. The third-order valence-electron chi connectivity index (χ3n) is 4.15. The molecule has 27 heavy (non-hydrogen) atoms. The number of hydrazone groups is 1. The molecule has 0 aliphatic heterocycles. The number of hydrogen-bond acceptors (Lipinski definition) is 5. The Hall–Kier alpha value is -2.93. The van der Waals surface area contributed by atoms with Crippen LogP contribution in [0.1, 0.15) is 32.9 Å². The molecule has 7 heteroatoms. The Balaban J connectivity index is 1.90. The molecule has 1 aromatic carbocycles. The van der Waals surface area contributed by atoms with Gasteiger partial charge in [0, 0.05) is 19.3 Å². The van der Waals surface area contributed by atoms with E-state index >= 15 is 0 Å². The van der Waals surface area contributed by atoms with Crippen LogP contribution >= 0.6 is 0 Å². The van der Waals surface area contributed by atoms with Gasteiger partial charge in [0.2, 0.25) is 5.95 Å². The predicted octanol–water partition coefficient (Wildman–Crippen LogP) is 3.38. The largest absolute Gasteiger partial charge is 0.379 e. The first-order valence-electron chi connectivity index (χ1n) is 9.11. The molecule has 0 aliphatic rings. The molecular formula is C20H25N5O2. The van der Waals surface area contributed by atoms with Crippen molar-refractivity contribution in [2.45, 2.75) is 39.8 Å². The van der Waals surface area contributed by atoms with Crippen LogP contribution in [0.5, 0.6) is 0 Å². The van der Waals surface area contributed by atoms with Crippen LogP contribution < -0.4 is 11.0 Å². The van der Waals surface area contributed by atoms with Crippen LogP contribution in [0.15, 0.2) is 52.5 Å². The molecule has 0 radical (unpaired) electrons. The molecule has 0 spiro atoms. The minimum atomic E-state index is -0.0830. The number of aromatic amines is 1. The van der Waals surface area contributed by atoms with Gasteiger partial charge in [0.25, 0.3) is 5.56 Å². The van der Waals surface area contributed by atoms with Crippen molar-refractivity contribution in [1.82, 2.24) is 14.5 Å². The molecule has 3 aromatic rings. The number of fused-ring (bicyclic) bond motifs is 1. The maximum absolute atomic E-state index is 12.9. The van der Waals surface area contributed by atoms with E-state index in [2.05, 4.69) is 20.5 Å². The fraction of sp³-hybridized carbons (Fsp3) is 0.350. The van der Waals surface area contributed by atoms with Gasteiger partial charge in [-0.3, -0.25) is 9.36 Å². The van der Waals surface area contributed by atoms with Crippen molar-refractivity contribution in [1.29, 1.82) is 0 Å². The molecule has 0 unspecified atom stereocenters.